The Morgan fingerprint density at radius 3 is 2.94 bits per heavy atom. The van der Waals surface area contributed by atoms with Gasteiger partial charge in [-0.05, 0) is 12.5 Å². The van der Waals surface area contributed by atoms with Crippen molar-refractivity contribution in [2.45, 2.75) is 13.0 Å². The molecule has 0 bridgehead atoms. The fourth-order valence-electron chi connectivity index (χ4n) is 1.32. The number of aryl methyl sites for hydroxylation is 1. The zero-order valence-corrected chi connectivity index (χ0v) is 8.87. The van der Waals surface area contributed by atoms with E-state index in [4.69, 9.17) is 5.73 Å². The molecule has 2 aromatic heterocycles. The molecule has 2 rings (SSSR count). The van der Waals surface area contributed by atoms with Crippen LogP contribution in [-0.4, -0.2) is 26.3 Å². The van der Waals surface area contributed by atoms with E-state index < -0.39 is 0 Å². The predicted molar refractivity (Wildman–Crippen MR) is 61.8 cm³/mol. The predicted octanol–water partition coefficient (Wildman–Crippen LogP) is 0.757. The summed E-state index contributed by atoms with van der Waals surface area (Å²) in [5.41, 5.74) is 5.43. The highest BCUT2D eigenvalue weighted by Gasteiger charge is 1.94. The lowest BCUT2D eigenvalue weighted by atomic mass is 10.4. The van der Waals surface area contributed by atoms with Gasteiger partial charge in [0.25, 0.3) is 0 Å². The first-order valence-corrected chi connectivity index (χ1v) is 5.13. The zero-order valence-electron chi connectivity index (χ0n) is 8.87. The van der Waals surface area contributed by atoms with Gasteiger partial charge in [-0.25, -0.2) is 9.97 Å². The van der Waals surface area contributed by atoms with Gasteiger partial charge in [0.1, 0.15) is 11.6 Å². The van der Waals surface area contributed by atoms with Gasteiger partial charge in [-0.3, -0.25) is 4.68 Å². The Bertz CT molecular complexity index is 407. The lowest BCUT2D eigenvalue weighted by Crippen LogP contribution is -2.08. The SMILES string of the molecule is Nc1cnc(NCCCn2cccn2)cn1. The van der Waals surface area contributed by atoms with Crippen LogP contribution in [0.2, 0.25) is 0 Å². The number of nitrogen functional groups attached to an aromatic ring is 1. The molecule has 0 aliphatic heterocycles. The van der Waals surface area contributed by atoms with Crippen molar-refractivity contribution in [3.8, 4) is 0 Å². The number of nitrogens with zero attached hydrogens (tertiary/aromatic N) is 4. The molecule has 0 atom stereocenters. The largest absolute Gasteiger partial charge is 0.382 e. The first-order chi connectivity index (χ1) is 7.84. The van der Waals surface area contributed by atoms with Crippen molar-refractivity contribution in [3.05, 3.63) is 30.9 Å². The molecule has 0 aromatic carbocycles. The van der Waals surface area contributed by atoms with Crippen molar-refractivity contribution in [2.24, 2.45) is 0 Å². The minimum absolute atomic E-state index is 0.432. The Labute approximate surface area is 93.5 Å². The average molecular weight is 218 g/mol. The molecule has 0 saturated heterocycles. The molecule has 6 heteroatoms. The summed E-state index contributed by atoms with van der Waals surface area (Å²) >= 11 is 0. The maximum atomic E-state index is 5.43. The van der Waals surface area contributed by atoms with Gasteiger partial charge in [0.05, 0.1) is 12.4 Å². The van der Waals surface area contributed by atoms with E-state index in [0.717, 1.165) is 25.3 Å². The Balaban J connectivity index is 1.70. The molecule has 0 amide bonds. The molecule has 3 N–H and O–H groups in total. The van der Waals surface area contributed by atoms with Crippen LogP contribution < -0.4 is 11.1 Å². The van der Waals surface area contributed by atoms with E-state index in [1.807, 2.05) is 16.9 Å². The highest BCUT2D eigenvalue weighted by atomic mass is 15.3. The van der Waals surface area contributed by atoms with Gasteiger partial charge in [-0.2, -0.15) is 5.10 Å². The summed E-state index contributed by atoms with van der Waals surface area (Å²) in [6.07, 6.45) is 7.87. The second kappa shape index (κ2) is 5.11. The Morgan fingerprint density at radius 2 is 2.25 bits per heavy atom. The van der Waals surface area contributed by atoms with Gasteiger partial charge >= 0.3 is 0 Å². The van der Waals surface area contributed by atoms with E-state index in [1.54, 1.807) is 12.4 Å². The highest BCUT2D eigenvalue weighted by molar-refractivity contribution is 5.35. The number of nitrogens with two attached hydrogens (primary N) is 1. The fourth-order valence-corrected chi connectivity index (χ4v) is 1.32. The van der Waals surface area contributed by atoms with Crippen molar-refractivity contribution in [3.63, 3.8) is 0 Å². The van der Waals surface area contributed by atoms with Crippen molar-refractivity contribution in [1.29, 1.82) is 0 Å². The number of rotatable bonds is 5. The van der Waals surface area contributed by atoms with Crippen LogP contribution in [0.4, 0.5) is 11.6 Å². The molecule has 84 valence electrons. The van der Waals surface area contributed by atoms with Crippen LogP contribution in [0.1, 0.15) is 6.42 Å². The molecule has 0 spiro atoms. The monoisotopic (exact) mass is 218 g/mol. The Kier molecular flexibility index (Phi) is 3.32. The van der Waals surface area contributed by atoms with Crippen LogP contribution in [0.25, 0.3) is 0 Å². The van der Waals surface area contributed by atoms with E-state index >= 15 is 0 Å². The van der Waals surface area contributed by atoms with E-state index in [1.165, 1.54) is 6.20 Å². The van der Waals surface area contributed by atoms with Crippen LogP contribution in [0, 0.1) is 0 Å². The molecule has 16 heavy (non-hydrogen) atoms. The third-order valence-electron chi connectivity index (χ3n) is 2.10. The minimum atomic E-state index is 0.432. The van der Waals surface area contributed by atoms with Crippen LogP contribution in [0.15, 0.2) is 30.9 Å². The first-order valence-electron chi connectivity index (χ1n) is 5.13. The Morgan fingerprint density at radius 1 is 1.31 bits per heavy atom. The van der Waals surface area contributed by atoms with Gasteiger partial charge in [0, 0.05) is 25.5 Å². The lowest BCUT2D eigenvalue weighted by molar-refractivity contribution is 0.591. The topological polar surface area (TPSA) is 81.6 Å². The summed E-state index contributed by atoms with van der Waals surface area (Å²) in [5.74, 6) is 1.18. The molecular weight excluding hydrogens is 204 g/mol. The smallest absolute Gasteiger partial charge is 0.144 e. The van der Waals surface area contributed by atoms with Crippen molar-refractivity contribution in [2.75, 3.05) is 17.6 Å². The number of hydrogen-bond donors (Lipinski definition) is 2. The quantitative estimate of drug-likeness (QED) is 0.724. The molecule has 6 nitrogen and oxygen atoms in total. The molecule has 2 aromatic rings. The maximum Gasteiger partial charge on any atom is 0.144 e. The molecule has 0 aliphatic carbocycles. The summed E-state index contributed by atoms with van der Waals surface area (Å²) in [5, 5.41) is 7.28. The Hall–Kier alpha value is -2.11. The molecule has 2 heterocycles. The summed E-state index contributed by atoms with van der Waals surface area (Å²) in [6, 6.07) is 1.92. The van der Waals surface area contributed by atoms with E-state index in [0.29, 0.717) is 5.82 Å². The zero-order chi connectivity index (χ0) is 11.2. The second-order valence-corrected chi connectivity index (χ2v) is 3.38. The standard InChI is InChI=1S/C10H14N6/c11-9-7-14-10(8-13-9)12-3-1-5-16-6-2-4-15-16/h2,4,6-8H,1,3,5H2,(H2,11,13)(H,12,14). The number of anilines is 2. The van der Waals surface area contributed by atoms with Crippen LogP contribution in [0.5, 0.6) is 0 Å². The van der Waals surface area contributed by atoms with Crippen LogP contribution >= 0.6 is 0 Å². The fraction of sp³-hybridized carbons (Fsp3) is 0.300. The van der Waals surface area contributed by atoms with Crippen LogP contribution in [0.3, 0.4) is 0 Å². The number of nitrogens with one attached hydrogen (secondary N) is 1. The maximum absolute atomic E-state index is 5.43. The molecule has 0 aliphatic rings. The van der Waals surface area contributed by atoms with E-state index in [2.05, 4.69) is 20.4 Å². The summed E-state index contributed by atoms with van der Waals surface area (Å²) in [7, 11) is 0. The normalized spacial score (nSPS) is 10.2. The second-order valence-electron chi connectivity index (χ2n) is 3.38. The third kappa shape index (κ3) is 2.94. The minimum Gasteiger partial charge on any atom is -0.382 e. The molecular formula is C10H14N6. The molecule has 0 radical (unpaired) electrons. The van der Waals surface area contributed by atoms with Crippen molar-refractivity contribution < 1.29 is 0 Å². The van der Waals surface area contributed by atoms with Gasteiger partial charge in [0.2, 0.25) is 0 Å². The molecule has 0 saturated carbocycles. The third-order valence-corrected chi connectivity index (χ3v) is 2.10. The number of aromatic nitrogens is 4. The van der Waals surface area contributed by atoms with Crippen LogP contribution in [-0.2, 0) is 6.54 Å². The van der Waals surface area contributed by atoms with Crippen molar-refractivity contribution >= 4 is 11.6 Å². The van der Waals surface area contributed by atoms with Gasteiger partial charge < -0.3 is 11.1 Å². The summed E-state index contributed by atoms with van der Waals surface area (Å²) in [4.78, 5) is 8.03. The van der Waals surface area contributed by atoms with Gasteiger partial charge in [-0.1, -0.05) is 0 Å². The summed E-state index contributed by atoms with van der Waals surface area (Å²) < 4.78 is 1.90. The van der Waals surface area contributed by atoms with E-state index in [9.17, 15) is 0 Å². The van der Waals surface area contributed by atoms with Crippen molar-refractivity contribution in [1.82, 2.24) is 19.7 Å². The van der Waals surface area contributed by atoms with E-state index in [-0.39, 0.29) is 0 Å². The molecule has 0 fully saturated rings. The lowest BCUT2D eigenvalue weighted by Gasteiger charge is -2.05. The number of hydrogen-bond acceptors (Lipinski definition) is 5. The summed E-state index contributed by atoms with van der Waals surface area (Å²) in [6.45, 7) is 1.72. The highest BCUT2D eigenvalue weighted by Crippen LogP contribution is 2.01. The first kappa shape index (κ1) is 10.4. The molecule has 0 unspecified atom stereocenters. The average Bonchev–Trinajstić information content (AvgIpc) is 2.80. The van der Waals surface area contributed by atoms with Gasteiger partial charge in [0.15, 0.2) is 0 Å². The van der Waals surface area contributed by atoms with Gasteiger partial charge in [-0.15, -0.1) is 0 Å².